The maximum Gasteiger partial charge on any atom is 0.294 e. The zero-order valence-corrected chi connectivity index (χ0v) is 19.3. The average Bonchev–Trinajstić information content (AvgIpc) is 3.24. The molecule has 0 aliphatic heterocycles. The fourth-order valence-corrected chi connectivity index (χ4v) is 4.50. The number of nitrogens with one attached hydrogen (secondary N) is 1. The zero-order chi connectivity index (χ0) is 24.0. The molecule has 0 bridgehead atoms. The first-order valence-electron chi connectivity index (χ1n) is 10.6. The van der Waals surface area contributed by atoms with Crippen molar-refractivity contribution in [2.75, 3.05) is 0 Å². The van der Waals surface area contributed by atoms with Gasteiger partial charge in [0.15, 0.2) is 0 Å². The number of H-pyrrole nitrogens is 1. The summed E-state index contributed by atoms with van der Waals surface area (Å²) in [7, 11) is -4.44. The molecule has 8 heteroatoms. The summed E-state index contributed by atoms with van der Waals surface area (Å²) < 4.78 is 38.3. The molecule has 1 heterocycles. The third-order valence-electron chi connectivity index (χ3n) is 5.90. The molecule has 0 spiro atoms. The number of hydrogen-bond acceptors (Lipinski definition) is 5. The van der Waals surface area contributed by atoms with E-state index in [4.69, 9.17) is 4.74 Å². The van der Waals surface area contributed by atoms with Crippen LogP contribution in [0.5, 0.6) is 11.5 Å². The number of aryl methyl sites for hydroxylation is 2. The Morgan fingerprint density at radius 3 is 2.56 bits per heavy atom. The lowest BCUT2D eigenvalue weighted by molar-refractivity contribution is 0.306. The third-order valence-corrected chi connectivity index (χ3v) is 6.73. The molecule has 3 N–H and O–H groups in total. The average molecular weight is 475 g/mol. The Labute approximate surface area is 196 Å². The molecular formula is C26H22N2O5S. The van der Waals surface area contributed by atoms with Crippen LogP contribution in [0.2, 0.25) is 0 Å². The highest BCUT2D eigenvalue weighted by Gasteiger charge is 2.17. The molecule has 172 valence electrons. The Morgan fingerprint density at radius 2 is 1.79 bits per heavy atom. The molecule has 0 amide bonds. The van der Waals surface area contributed by atoms with Gasteiger partial charge in [-0.15, -0.1) is 0 Å². The maximum absolute atomic E-state index is 11.5. The summed E-state index contributed by atoms with van der Waals surface area (Å²) in [6.45, 7) is 4.60. The lowest BCUT2D eigenvalue weighted by Gasteiger charge is -2.09. The molecule has 4 aromatic carbocycles. The van der Waals surface area contributed by atoms with Gasteiger partial charge < -0.3 is 14.8 Å². The van der Waals surface area contributed by atoms with Gasteiger partial charge in [0.1, 0.15) is 29.4 Å². The molecule has 0 saturated carbocycles. The fraction of sp³-hybridized carbons (Fsp3) is 0.115. The third kappa shape index (κ3) is 4.09. The van der Waals surface area contributed by atoms with Crippen LogP contribution in [0.25, 0.3) is 33.2 Å². The first kappa shape index (κ1) is 21.9. The molecule has 0 atom stereocenters. The quantitative estimate of drug-likeness (QED) is 0.289. The van der Waals surface area contributed by atoms with E-state index in [9.17, 15) is 18.1 Å². The van der Waals surface area contributed by atoms with Crippen LogP contribution in [0.15, 0.2) is 71.6 Å². The van der Waals surface area contributed by atoms with E-state index >= 15 is 0 Å². The Morgan fingerprint density at radius 1 is 0.971 bits per heavy atom. The van der Waals surface area contributed by atoms with E-state index in [0.717, 1.165) is 17.2 Å². The lowest BCUT2D eigenvalue weighted by Crippen LogP contribution is -1.97. The number of phenols is 1. The smallest absolute Gasteiger partial charge is 0.294 e. The predicted octanol–water partition coefficient (Wildman–Crippen LogP) is 5.53. The number of fused-ring (bicyclic) bond motifs is 3. The van der Waals surface area contributed by atoms with Crippen LogP contribution in [0.1, 0.15) is 16.7 Å². The first-order valence-corrected chi connectivity index (χ1v) is 12.1. The first-order chi connectivity index (χ1) is 16.2. The van der Waals surface area contributed by atoms with E-state index in [1.165, 1.54) is 17.2 Å². The minimum absolute atomic E-state index is 0.278. The van der Waals surface area contributed by atoms with Gasteiger partial charge >= 0.3 is 0 Å². The highest BCUT2D eigenvalue weighted by Crippen LogP contribution is 2.35. The van der Waals surface area contributed by atoms with Crippen molar-refractivity contribution in [1.29, 1.82) is 0 Å². The Kier molecular flexibility index (Phi) is 5.27. The van der Waals surface area contributed by atoms with Crippen LogP contribution in [0, 0.1) is 13.8 Å². The summed E-state index contributed by atoms with van der Waals surface area (Å²) in [6.07, 6.45) is 0. The minimum atomic E-state index is -4.44. The summed E-state index contributed by atoms with van der Waals surface area (Å²) >= 11 is 0. The van der Waals surface area contributed by atoms with Gasteiger partial charge in [-0.25, -0.2) is 4.98 Å². The summed E-state index contributed by atoms with van der Waals surface area (Å²) in [5.41, 5.74) is 5.52. The van der Waals surface area contributed by atoms with Crippen LogP contribution < -0.4 is 4.74 Å². The van der Waals surface area contributed by atoms with Crippen molar-refractivity contribution in [2.45, 2.75) is 25.3 Å². The van der Waals surface area contributed by atoms with E-state index in [0.29, 0.717) is 40.0 Å². The van der Waals surface area contributed by atoms with Gasteiger partial charge in [-0.2, -0.15) is 8.42 Å². The van der Waals surface area contributed by atoms with Crippen molar-refractivity contribution in [3.8, 4) is 22.9 Å². The van der Waals surface area contributed by atoms with Crippen LogP contribution in [-0.4, -0.2) is 28.0 Å². The molecule has 7 nitrogen and oxygen atoms in total. The molecular weight excluding hydrogens is 452 g/mol. The molecule has 5 aromatic rings. The summed E-state index contributed by atoms with van der Waals surface area (Å²) in [5.74, 6) is 0.998. The van der Waals surface area contributed by atoms with Crippen molar-refractivity contribution in [3.05, 3.63) is 83.4 Å². The molecule has 0 radical (unpaired) electrons. The SMILES string of the molecule is Cc1ccc(COc2cccc(-c3nc4c(ccc5cc(S(=O)(=O)O)cc(O)c54)[nH]3)c2)cc1C. The van der Waals surface area contributed by atoms with Gasteiger partial charge in [-0.3, -0.25) is 4.55 Å². The highest BCUT2D eigenvalue weighted by atomic mass is 32.2. The summed E-state index contributed by atoms with van der Waals surface area (Å²) in [5, 5.41) is 11.3. The molecule has 0 saturated heterocycles. The lowest BCUT2D eigenvalue weighted by atomic mass is 10.1. The van der Waals surface area contributed by atoms with E-state index in [2.05, 4.69) is 42.0 Å². The van der Waals surface area contributed by atoms with Crippen LogP contribution in [-0.2, 0) is 16.7 Å². The van der Waals surface area contributed by atoms with Gasteiger partial charge in [0.2, 0.25) is 0 Å². The second-order valence-corrected chi connectivity index (χ2v) is 9.72. The van der Waals surface area contributed by atoms with Crippen LogP contribution in [0.3, 0.4) is 0 Å². The van der Waals surface area contributed by atoms with E-state index < -0.39 is 10.1 Å². The number of aromatic nitrogens is 2. The Hall–Kier alpha value is -3.88. The predicted molar refractivity (Wildman–Crippen MR) is 131 cm³/mol. The number of aromatic amines is 1. The fourth-order valence-electron chi connectivity index (χ4n) is 3.96. The van der Waals surface area contributed by atoms with Crippen molar-refractivity contribution >= 4 is 31.9 Å². The largest absolute Gasteiger partial charge is 0.507 e. The molecule has 34 heavy (non-hydrogen) atoms. The molecule has 1 aromatic heterocycles. The van der Waals surface area contributed by atoms with E-state index in [1.807, 2.05) is 24.3 Å². The number of ether oxygens (including phenoxy) is 1. The number of rotatable bonds is 5. The molecule has 0 fully saturated rings. The van der Waals surface area contributed by atoms with Gasteiger partial charge in [0.05, 0.1) is 15.8 Å². The van der Waals surface area contributed by atoms with E-state index in [1.54, 1.807) is 12.1 Å². The number of nitrogens with zero attached hydrogens (tertiary/aromatic N) is 1. The van der Waals surface area contributed by atoms with Crippen molar-refractivity contribution < 1.29 is 22.8 Å². The standard InChI is InChI=1S/C26H22N2O5S/c1-15-6-7-17(10-16(15)2)14-33-20-5-3-4-19(11-20)26-27-22-9-8-18-12-21(34(30,31)32)13-23(29)24(18)25(22)28-26/h3-13,29H,14H2,1-2H3,(H,27,28)(H,30,31,32). The van der Waals surface area contributed by atoms with Crippen molar-refractivity contribution in [3.63, 3.8) is 0 Å². The Balaban J connectivity index is 1.49. The molecule has 0 aliphatic rings. The zero-order valence-electron chi connectivity index (χ0n) is 18.5. The normalized spacial score (nSPS) is 11.9. The second-order valence-electron chi connectivity index (χ2n) is 8.30. The molecule has 0 aliphatic carbocycles. The Bertz CT molecular complexity index is 1670. The van der Waals surface area contributed by atoms with Crippen LogP contribution >= 0.6 is 0 Å². The topological polar surface area (TPSA) is 113 Å². The van der Waals surface area contributed by atoms with Crippen molar-refractivity contribution in [1.82, 2.24) is 9.97 Å². The van der Waals surface area contributed by atoms with Gasteiger partial charge in [0.25, 0.3) is 10.1 Å². The molecule has 5 rings (SSSR count). The van der Waals surface area contributed by atoms with Crippen LogP contribution in [0.4, 0.5) is 0 Å². The molecule has 0 unspecified atom stereocenters. The number of aromatic hydroxyl groups is 1. The van der Waals surface area contributed by atoms with E-state index in [-0.39, 0.29) is 10.6 Å². The summed E-state index contributed by atoms with van der Waals surface area (Å²) in [4.78, 5) is 7.53. The maximum atomic E-state index is 11.5. The highest BCUT2D eigenvalue weighted by molar-refractivity contribution is 7.85. The van der Waals surface area contributed by atoms with Gasteiger partial charge in [-0.05, 0) is 60.2 Å². The summed E-state index contributed by atoms with van der Waals surface area (Å²) in [6, 6.07) is 19.5. The monoisotopic (exact) mass is 474 g/mol. The second kappa shape index (κ2) is 8.16. The number of benzene rings is 4. The number of hydrogen-bond donors (Lipinski definition) is 3. The number of phenolic OH excluding ortho intramolecular Hbond substituents is 1. The van der Waals surface area contributed by atoms with Gasteiger partial charge in [-0.1, -0.05) is 36.4 Å². The minimum Gasteiger partial charge on any atom is -0.507 e. The van der Waals surface area contributed by atoms with Crippen molar-refractivity contribution in [2.24, 2.45) is 0 Å². The van der Waals surface area contributed by atoms with Gasteiger partial charge in [0, 0.05) is 11.6 Å². The number of imidazole rings is 1.